The molecule has 0 radical (unpaired) electrons. The van der Waals surface area contributed by atoms with Crippen LogP contribution >= 0.6 is 0 Å². The molecule has 0 N–H and O–H groups in total. The fraction of sp³-hybridized carbons (Fsp3) is 0.375. The minimum atomic E-state index is -0.127. The first-order valence-corrected chi connectivity index (χ1v) is 10.6. The number of aryl methyl sites for hydroxylation is 1. The van der Waals surface area contributed by atoms with Crippen LogP contribution in [0.1, 0.15) is 38.7 Å². The van der Waals surface area contributed by atoms with E-state index in [2.05, 4.69) is 70.0 Å². The Labute approximate surface area is 176 Å². The van der Waals surface area contributed by atoms with Gasteiger partial charge in [0.15, 0.2) is 5.65 Å². The van der Waals surface area contributed by atoms with Crippen LogP contribution in [0.15, 0.2) is 67.4 Å². The molecule has 0 aliphatic carbocycles. The number of imidazole rings is 1. The third kappa shape index (κ3) is 3.41. The van der Waals surface area contributed by atoms with Crippen LogP contribution in [0.25, 0.3) is 17.0 Å². The van der Waals surface area contributed by atoms with E-state index in [9.17, 15) is 0 Å². The maximum Gasteiger partial charge on any atom is 0.165 e. The molecular weight excluding hydrogens is 374 g/mol. The molecule has 3 aromatic heterocycles. The van der Waals surface area contributed by atoms with Gasteiger partial charge in [-0.1, -0.05) is 30.3 Å². The number of hydrogen-bond donors (Lipinski definition) is 0. The molecule has 4 heterocycles. The molecule has 0 saturated carbocycles. The largest absolute Gasteiger partial charge is 0.376 e. The van der Waals surface area contributed by atoms with E-state index in [0.29, 0.717) is 0 Å². The average Bonchev–Trinajstić information content (AvgIpc) is 3.38. The molecule has 0 spiro atoms. The van der Waals surface area contributed by atoms with Crippen molar-refractivity contribution in [3.8, 4) is 11.4 Å². The second kappa shape index (κ2) is 7.36. The average molecular weight is 402 g/mol. The highest BCUT2D eigenvalue weighted by molar-refractivity contribution is 5.72. The van der Waals surface area contributed by atoms with Crippen molar-refractivity contribution in [3.63, 3.8) is 0 Å². The summed E-state index contributed by atoms with van der Waals surface area (Å²) < 4.78 is 10.1. The monoisotopic (exact) mass is 401 g/mol. The number of rotatable bonds is 5. The smallest absolute Gasteiger partial charge is 0.165 e. The van der Waals surface area contributed by atoms with Gasteiger partial charge in [-0.05, 0) is 44.7 Å². The van der Waals surface area contributed by atoms with Gasteiger partial charge in [0, 0.05) is 43.4 Å². The second-order valence-corrected chi connectivity index (χ2v) is 8.82. The third-order valence-electron chi connectivity index (χ3n) is 6.29. The van der Waals surface area contributed by atoms with Crippen LogP contribution in [-0.4, -0.2) is 36.4 Å². The van der Waals surface area contributed by atoms with E-state index in [1.807, 2.05) is 24.7 Å². The van der Waals surface area contributed by atoms with Gasteiger partial charge in [0.05, 0.1) is 17.4 Å². The predicted octanol–water partition coefficient (Wildman–Crippen LogP) is 4.51. The molecule has 0 bridgehead atoms. The van der Waals surface area contributed by atoms with E-state index in [1.165, 1.54) is 5.56 Å². The van der Waals surface area contributed by atoms with Crippen molar-refractivity contribution in [1.29, 1.82) is 0 Å². The van der Waals surface area contributed by atoms with Crippen LogP contribution in [0.4, 0.5) is 0 Å². The van der Waals surface area contributed by atoms with Gasteiger partial charge >= 0.3 is 0 Å². The van der Waals surface area contributed by atoms with Gasteiger partial charge in [0.25, 0.3) is 0 Å². The molecule has 1 unspecified atom stereocenters. The minimum Gasteiger partial charge on any atom is -0.376 e. The van der Waals surface area contributed by atoms with E-state index in [0.717, 1.165) is 49.4 Å². The summed E-state index contributed by atoms with van der Waals surface area (Å²) in [6.07, 6.45) is 12.5. The molecule has 1 aromatic carbocycles. The van der Waals surface area contributed by atoms with Crippen LogP contribution < -0.4 is 0 Å². The molecule has 0 amide bonds. The van der Waals surface area contributed by atoms with Crippen molar-refractivity contribution in [2.75, 3.05) is 6.61 Å². The highest BCUT2D eigenvalue weighted by Crippen LogP contribution is 2.44. The zero-order valence-electron chi connectivity index (χ0n) is 17.5. The summed E-state index contributed by atoms with van der Waals surface area (Å²) in [5, 5.41) is 4.43. The minimum absolute atomic E-state index is 0.0872. The molecule has 154 valence electrons. The number of hydrogen-bond acceptors (Lipinski definition) is 4. The molecule has 30 heavy (non-hydrogen) atoms. The first-order valence-electron chi connectivity index (χ1n) is 10.6. The Morgan fingerprint density at radius 3 is 2.73 bits per heavy atom. The summed E-state index contributed by atoms with van der Waals surface area (Å²) in [6.45, 7) is 6.08. The van der Waals surface area contributed by atoms with Crippen molar-refractivity contribution < 1.29 is 4.74 Å². The maximum atomic E-state index is 6.07. The molecule has 1 fully saturated rings. The highest BCUT2D eigenvalue weighted by Gasteiger charge is 2.41. The maximum absolute atomic E-state index is 6.07. The van der Waals surface area contributed by atoms with Gasteiger partial charge in [0.1, 0.15) is 5.82 Å². The Morgan fingerprint density at radius 2 is 1.90 bits per heavy atom. The second-order valence-electron chi connectivity index (χ2n) is 8.82. The van der Waals surface area contributed by atoms with Gasteiger partial charge in [-0.2, -0.15) is 5.10 Å². The molecule has 6 heteroatoms. The van der Waals surface area contributed by atoms with E-state index in [4.69, 9.17) is 4.74 Å². The number of ether oxygens (including phenoxy) is 1. The van der Waals surface area contributed by atoms with Crippen molar-refractivity contribution in [3.05, 3.63) is 72.9 Å². The van der Waals surface area contributed by atoms with E-state index < -0.39 is 0 Å². The van der Waals surface area contributed by atoms with Crippen molar-refractivity contribution >= 4 is 5.65 Å². The topological polar surface area (TPSA) is 57.2 Å². The van der Waals surface area contributed by atoms with Gasteiger partial charge in [0.2, 0.25) is 0 Å². The van der Waals surface area contributed by atoms with Gasteiger partial charge in [-0.15, -0.1) is 0 Å². The Kier molecular flexibility index (Phi) is 4.66. The van der Waals surface area contributed by atoms with Crippen molar-refractivity contribution in [2.24, 2.45) is 0 Å². The summed E-state index contributed by atoms with van der Waals surface area (Å²) in [5.74, 6) is 0.915. The number of fused-ring (bicyclic) bond motifs is 1. The number of benzene rings is 1. The highest BCUT2D eigenvalue weighted by atomic mass is 16.5. The van der Waals surface area contributed by atoms with E-state index in [1.54, 1.807) is 10.7 Å². The molecule has 1 atom stereocenters. The van der Waals surface area contributed by atoms with Gasteiger partial charge in [-0.3, -0.25) is 0 Å². The SMILES string of the molecule is CC1(C)CC(CCn2ccnc2-c2cnn3cccnc23)(c2ccccc2)CCO1. The molecule has 6 nitrogen and oxygen atoms in total. The van der Waals surface area contributed by atoms with E-state index in [-0.39, 0.29) is 11.0 Å². The van der Waals surface area contributed by atoms with Gasteiger partial charge < -0.3 is 9.30 Å². The van der Waals surface area contributed by atoms with Crippen LogP contribution in [0.2, 0.25) is 0 Å². The number of aromatic nitrogens is 5. The molecule has 1 aliphatic heterocycles. The Balaban J connectivity index is 1.47. The van der Waals surface area contributed by atoms with Gasteiger partial charge in [-0.25, -0.2) is 14.5 Å². The molecular formula is C24H27N5O. The molecule has 1 aliphatic rings. The van der Waals surface area contributed by atoms with Crippen LogP contribution in [0.5, 0.6) is 0 Å². The Hall–Kier alpha value is -2.99. The lowest BCUT2D eigenvalue weighted by atomic mass is 9.67. The zero-order valence-corrected chi connectivity index (χ0v) is 17.5. The molecule has 4 aromatic rings. The van der Waals surface area contributed by atoms with Crippen LogP contribution in [0, 0.1) is 0 Å². The summed E-state index contributed by atoms with van der Waals surface area (Å²) >= 11 is 0. The lowest BCUT2D eigenvalue weighted by molar-refractivity contribution is -0.0848. The van der Waals surface area contributed by atoms with Crippen molar-refractivity contribution in [2.45, 2.75) is 50.7 Å². The number of nitrogens with zero attached hydrogens (tertiary/aromatic N) is 5. The summed E-state index contributed by atoms with van der Waals surface area (Å²) in [7, 11) is 0. The summed E-state index contributed by atoms with van der Waals surface area (Å²) in [5.41, 5.74) is 3.15. The van der Waals surface area contributed by atoms with E-state index >= 15 is 0 Å². The third-order valence-corrected chi connectivity index (χ3v) is 6.29. The van der Waals surface area contributed by atoms with Crippen molar-refractivity contribution in [1.82, 2.24) is 24.1 Å². The summed E-state index contributed by atoms with van der Waals surface area (Å²) in [6, 6.07) is 12.8. The molecule has 1 saturated heterocycles. The quantitative estimate of drug-likeness (QED) is 0.494. The lowest BCUT2D eigenvalue weighted by Crippen LogP contribution is -2.44. The first-order chi connectivity index (χ1) is 14.6. The summed E-state index contributed by atoms with van der Waals surface area (Å²) in [4.78, 5) is 9.14. The fourth-order valence-corrected chi connectivity index (χ4v) is 4.93. The normalized spacial score (nSPS) is 21.1. The first kappa shape index (κ1) is 19.0. The zero-order chi connectivity index (χ0) is 20.6. The standard InChI is InChI=1S/C24H27N5O/c1-23(2)18-24(10-16-30-23,19-7-4-3-5-8-19)9-14-28-15-12-26-21(28)20-17-27-29-13-6-11-25-22(20)29/h3-8,11-13,15,17H,9-10,14,16,18H2,1-2H3. The lowest BCUT2D eigenvalue weighted by Gasteiger charge is -2.45. The Bertz CT molecular complexity index is 1150. The fourth-order valence-electron chi connectivity index (χ4n) is 4.93. The van der Waals surface area contributed by atoms with Crippen LogP contribution in [-0.2, 0) is 16.7 Å². The Morgan fingerprint density at radius 1 is 1.03 bits per heavy atom. The molecule has 5 rings (SSSR count). The predicted molar refractivity (Wildman–Crippen MR) is 116 cm³/mol. The van der Waals surface area contributed by atoms with Crippen LogP contribution in [0.3, 0.4) is 0 Å².